The number of hydrogen-bond donors (Lipinski definition) is 1. The molecule has 0 saturated carbocycles. The highest BCUT2D eigenvalue weighted by atomic mass is 35.5. The molecule has 1 heterocycles. The topological polar surface area (TPSA) is 76.5 Å². The van der Waals surface area contributed by atoms with Crippen LogP contribution >= 0.6 is 11.6 Å². The van der Waals surface area contributed by atoms with Crippen LogP contribution < -0.4 is 0 Å². The molecule has 144 valence electrons. The van der Waals surface area contributed by atoms with Crippen molar-refractivity contribution in [2.45, 2.75) is 64.4 Å². The van der Waals surface area contributed by atoms with Crippen LogP contribution in [0.5, 0.6) is 0 Å². The summed E-state index contributed by atoms with van der Waals surface area (Å²) in [6.45, 7) is 2.13. The largest absolute Gasteiger partial charge is 0.469 e. The molecule has 1 aromatic rings. The number of aliphatic hydroxyl groups is 1. The van der Waals surface area contributed by atoms with Gasteiger partial charge in [0.2, 0.25) is 0 Å². The minimum atomic E-state index is -0.385. The van der Waals surface area contributed by atoms with Gasteiger partial charge in [0, 0.05) is 24.6 Å². The predicted octanol–water partition coefficient (Wildman–Crippen LogP) is 4.61. The summed E-state index contributed by atoms with van der Waals surface area (Å²) in [6.07, 6.45) is 10.0. The number of methoxy groups -OCH3 is 1. The summed E-state index contributed by atoms with van der Waals surface area (Å²) in [6, 6.07) is 1.68. The highest BCUT2D eigenvalue weighted by molar-refractivity contribution is 6.30. The normalized spacial score (nSPS) is 12.3. The van der Waals surface area contributed by atoms with Crippen LogP contribution in [0.15, 0.2) is 18.3 Å². The van der Waals surface area contributed by atoms with Crippen molar-refractivity contribution in [2.24, 2.45) is 0 Å². The number of nitrogens with zero attached hydrogens (tertiary/aromatic N) is 1. The molecule has 0 saturated heterocycles. The Balaban J connectivity index is 2.66. The molecule has 1 rings (SSSR count). The molecule has 5 nitrogen and oxygen atoms in total. The summed E-state index contributed by atoms with van der Waals surface area (Å²) < 4.78 is 4.57. The van der Waals surface area contributed by atoms with Gasteiger partial charge in [0.05, 0.1) is 18.2 Å². The van der Waals surface area contributed by atoms with E-state index in [-0.39, 0.29) is 30.7 Å². The molecule has 1 aromatic heterocycles. The first kappa shape index (κ1) is 22.3. The Labute approximate surface area is 160 Å². The van der Waals surface area contributed by atoms with Crippen molar-refractivity contribution in [3.8, 4) is 0 Å². The third kappa shape index (κ3) is 8.59. The minimum Gasteiger partial charge on any atom is -0.469 e. The van der Waals surface area contributed by atoms with Crippen LogP contribution in [0.3, 0.4) is 0 Å². The zero-order chi connectivity index (χ0) is 19.4. The number of carbonyl (C=O) groups is 2. The van der Waals surface area contributed by atoms with Gasteiger partial charge in [0.1, 0.15) is 5.69 Å². The number of ether oxygens (including phenoxy) is 1. The summed E-state index contributed by atoms with van der Waals surface area (Å²) in [7, 11) is 1.32. The van der Waals surface area contributed by atoms with Gasteiger partial charge in [0.15, 0.2) is 5.78 Å². The summed E-state index contributed by atoms with van der Waals surface area (Å²) >= 11 is 5.99. The second kappa shape index (κ2) is 12.6. The molecule has 0 spiro atoms. The Hall–Kier alpha value is -1.72. The van der Waals surface area contributed by atoms with Crippen LogP contribution in [0.25, 0.3) is 6.08 Å². The molecule has 6 heteroatoms. The number of Topliss-reactive ketones (excluding diaryl/α,β-unsaturated/α-hetero) is 1. The number of carbonyl (C=O) groups excluding carboxylic acids is 2. The fourth-order valence-corrected chi connectivity index (χ4v) is 2.69. The van der Waals surface area contributed by atoms with E-state index in [0.717, 1.165) is 25.7 Å². The van der Waals surface area contributed by atoms with Crippen LogP contribution in [-0.2, 0) is 9.53 Å². The fourth-order valence-electron chi connectivity index (χ4n) is 2.53. The average molecular weight is 382 g/mol. The molecule has 0 fully saturated rings. The lowest BCUT2D eigenvalue weighted by Gasteiger charge is -2.08. The van der Waals surface area contributed by atoms with Gasteiger partial charge in [-0.1, -0.05) is 49.9 Å². The fraction of sp³-hybridized carbons (Fsp3) is 0.550. The quantitative estimate of drug-likeness (QED) is 0.325. The zero-order valence-electron chi connectivity index (χ0n) is 15.5. The van der Waals surface area contributed by atoms with E-state index in [1.54, 1.807) is 12.1 Å². The first-order valence-corrected chi connectivity index (χ1v) is 9.45. The number of esters is 1. The second-order valence-corrected chi connectivity index (χ2v) is 6.67. The number of hydrogen-bond acceptors (Lipinski definition) is 5. The molecule has 1 N–H and O–H groups in total. The molecule has 0 radical (unpaired) electrons. The smallest absolute Gasteiger partial charge is 0.305 e. The van der Waals surface area contributed by atoms with Crippen LogP contribution in [0.2, 0.25) is 5.02 Å². The summed E-state index contributed by atoms with van der Waals surface area (Å²) in [5.41, 5.74) is 0.956. The number of aliphatic hydroxyl groups excluding tert-OH is 1. The van der Waals surface area contributed by atoms with E-state index in [9.17, 15) is 14.7 Å². The molecule has 0 bridgehead atoms. The van der Waals surface area contributed by atoms with Crippen molar-refractivity contribution in [1.29, 1.82) is 0 Å². The monoisotopic (exact) mass is 381 g/mol. The van der Waals surface area contributed by atoms with Gasteiger partial charge < -0.3 is 9.84 Å². The highest BCUT2D eigenvalue weighted by Gasteiger charge is 2.13. The van der Waals surface area contributed by atoms with Gasteiger partial charge in [-0.05, 0) is 25.3 Å². The Morgan fingerprint density at radius 1 is 1.31 bits per heavy atom. The standard InChI is InChI=1S/C20H28ClNO4/c1-3-4-5-9-17(23)10-6-8-15-13-16(21)14-22-20(15)18(24)11-7-12-19(25)26-2/h6,8,13-14,17,23H,3-5,7,9-12H2,1-2H3/b8-6+. The van der Waals surface area contributed by atoms with Gasteiger partial charge in [-0.15, -0.1) is 0 Å². The molecular weight excluding hydrogens is 354 g/mol. The number of ketones is 1. The van der Waals surface area contributed by atoms with Crippen LogP contribution in [0.4, 0.5) is 0 Å². The van der Waals surface area contributed by atoms with E-state index in [1.807, 2.05) is 6.08 Å². The van der Waals surface area contributed by atoms with E-state index in [2.05, 4.69) is 16.6 Å². The van der Waals surface area contributed by atoms with Crippen molar-refractivity contribution in [2.75, 3.05) is 7.11 Å². The molecule has 0 amide bonds. The molecule has 26 heavy (non-hydrogen) atoms. The average Bonchev–Trinajstić information content (AvgIpc) is 2.61. The van der Waals surface area contributed by atoms with E-state index in [0.29, 0.717) is 29.1 Å². The lowest BCUT2D eigenvalue weighted by atomic mass is 10.0. The van der Waals surface area contributed by atoms with Crippen molar-refractivity contribution in [3.05, 3.63) is 34.6 Å². The Morgan fingerprint density at radius 3 is 2.77 bits per heavy atom. The SMILES string of the molecule is CCCCCC(O)C/C=C/c1cc(Cl)cnc1C(=O)CCCC(=O)OC. The number of rotatable bonds is 12. The maximum atomic E-state index is 12.4. The van der Waals surface area contributed by atoms with Gasteiger partial charge >= 0.3 is 5.97 Å². The number of pyridine rings is 1. The highest BCUT2D eigenvalue weighted by Crippen LogP contribution is 2.18. The van der Waals surface area contributed by atoms with Crippen LogP contribution in [0.1, 0.15) is 74.3 Å². The Morgan fingerprint density at radius 2 is 2.08 bits per heavy atom. The van der Waals surface area contributed by atoms with Gasteiger partial charge in [-0.25, -0.2) is 0 Å². The van der Waals surface area contributed by atoms with Gasteiger partial charge in [-0.3, -0.25) is 14.6 Å². The van der Waals surface area contributed by atoms with Crippen LogP contribution in [0, 0.1) is 0 Å². The minimum absolute atomic E-state index is 0.145. The lowest BCUT2D eigenvalue weighted by Crippen LogP contribution is -2.07. The Bertz CT molecular complexity index is 616. The summed E-state index contributed by atoms with van der Waals surface area (Å²) in [5.74, 6) is -0.479. The number of aromatic nitrogens is 1. The molecule has 1 unspecified atom stereocenters. The molecule has 1 atom stereocenters. The first-order valence-electron chi connectivity index (χ1n) is 9.08. The van der Waals surface area contributed by atoms with Crippen molar-refractivity contribution >= 4 is 29.4 Å². The second-order valence-electron chi connectivity index (χ2n) is 6.23. The Kier molecular flexibility index (Phi) is 10.8. The summed E-state index contributed by atoms with van der Waals surface area (Å²) in [5, 5.41) is 10.4. The third-order valence-corrected chi connectivity index (χ3v) is 4.21. The molecule has 0 aliphatic heterocycles. The molecule has 0 aliphatic rings. The third-order valence-electron chi connectivity index (χ3n) is 4.01. The van der Waals surface area contributed by atoms with Crippen molar-refractivity contribution < 1.29 is 19.4 Å². The molecular formula is C20H28ClNO4. The number of unbranched alkanes of at least 4 members (excludes halogenated alkanes) is 2. The van der Waals surface area contributed by atoms with E-state index in [4.69, 9.17) is 11.6 Å². The van der Waals surface area contributed by atoms with E-state index < -0.39 is 0 Å². The predicted molar refractivity (Wildman–Crippen MR) is 103 cm³/mol. The maximum Gasteiger partial charge on any atom is 0.305 e. The number of halogens is 1. The van der Waals surface area contributed by atoms with Gasteiger partial charge in [-0.2, -0.15) is 0 Å². The zero-order valence-corrected chi connectivity index (χ0v) is 16.3. The van der Waals surface area contributed by atoms with Crippen molar-refractivity contribution in [3.63, 3.8) is 0 Å². The van der Waals surface area contributed by atoms with Crippen LogP contribution in [-0.4, -0.2) is 35.1 Å². The molecule has 0 aliphatic carbocycles. The van der Waals surface area contributed by atoms with E-state index >= 15 is 0 Å². The van der Waals surface area contributed by atoms with Crippen molar-refractivity contribution in [1.82, 2.24) is 4.98 Å². The van der Waals surface area contributed by atoms with Gasteiger partial charge in [0.25, 0.3) is 0 Å². The first-order chi connectivity index (χ1) is 12.5. The molecule has 0 aromatic carbocycles. The summed E-state index contributed by atoms with van der Waals surface area (Å²) in [4.78, 5) is 27.7. The van der Waals surface area contributed by atoms with E-state index in [1.165, 1.54) is 13.3 Å². The lowest BCUT2D eigenvalue weighted by molar-refractivity contribution is -0.140. The maximum absolute atomic E-state index is 12.4.